The van der Waals surface area contributed by atoms with Gasteiger partial charge in [0, 0.05) is 0 Å². The summed E-state index contributed by atoms with van der Waals surface area (Å²) in [7, 11) is 1.61. The zero-order valence-corrected chi connectivity index (χ0v) is 14.8. The molecule has 0 saturated heterocycles. The molecule has 2 aromatic carbocycles. The number of rotatable bonds is 8. The molecule has 1 atom stereocenters. The lowest BCUT2D eigenvalue weighted by molar-refractivity contribution is -0.122. The highest BCUT2D eigenvalue weighted by Gasteiger charge is 2.33. The fourth-order valence-corrected chi connectivity index (χ4v) is 2.91. The Morgan fingerprint density at radius 3 is 2.44 bits per heavy atom. The number of carbonyl (C=O) groups excluding carboxylic acids is 1. The maximum atomic E-state index is 12.3. The van der Waals surface area contributed by atoms with E-state index >= 15 is 0 Å². The number of methoxy groups -OCH3 is 1. The molecule has 4 nitrogen and oxygen atoms in total. The van der Waals surface area contributed by atoms with Crippen LogP contribution in [0.15, 0.2) is 48.5 Å². The van der Waals surface area contributed by atoms with Crippen molar-refractivity contribution in [1.29, 1.82) is 0 Å². The molecular weight excluding hydrogens is 314 g/mol. The van der Waals surface area contributed by atoms with Gasteiger partial charge in [-0.25, -0.2) is 0 Å². The second-order valence-electron chi connectivity index (χ2n) is 6.54. The van der Waals surface area contributed by atoms with Gasteiger partial charge in [-0.15, -0.1) is 0 Å². The van der Waals surface area contributed by atoms with Crippen molar-refractivity contribution in [2.75, 3.05) is 13.7 Å². The van der Waals surface area contributed by atoms with Crippen LogP contribution in [0.2, 0.25) is 0 Å². The fourth-order valence-electron chi connectivity index (χ4n) is 2.91. The molecule has 0 radical (unpaired) electrons. The van der Waals surface area contributed by atoms with Gasteiger partial charge in [-0.1, -0.05) is 42.0 Å². The van der Waals surface area contributed by atoms with Crippen LogP contribution in [0.4, 0.5) is 0 Å². The molecule has 25 heavy (non-hydrogen) atoms. The van der Waals surface area contributed by atoms with Crippen molar-refractivity contribution >= 4 is 5.91 Å². The molecule has 1 unspecified atom stereocenters. The number of aryl methyl sites for hydroxylation is 1. The van der Waals surface area contributed by atoms with Crippen LogP contribution >= 0.6 is 0 Å². The Bertz CT molecular complexity index is 707. The van der Waals surface area contributed by atoms with Gasteiger partial charge in [-0.05, 0) is 43.4 Å². The smallest absolute Gasteiger partial charge is 0.223 e. The van der Waals surface area contributed by atoms with E-state index in [4.69, 9.17) is 9.47 Å². The van der Waals surface area contributed by atoms with E-state index in [9.17, 15) is 4.79 Å². The molecule has 0 heterocycles. The third-order valence-corrected chi connectivity index (χ3v) is 4.50. The average Bonchev–Trinajstić information content (AvgIpc) is 3.46. The van der Waals surface area contributed by atoms with Gasteiger partial charge in [0.05, 0.1) is 26.2 Å². The third kappa shape index (κ3) is 4.75. The molecule has 1 saturated carbocycles. The molecular formula is C21H25NO3. The molecule has 0 spiro atoms. The summed E-state index contributed by atoms with van der Waals surface area (Å²) in [6.45, 7) is 2.40. The number of hydrogen-bond donors (Lipinski definition) is 1. The van der Waals surface area contributed by atoms with E-state index in [2.05, 4.69) is 36.5 Å². The second kappa shape index (κ2) is 8.06. The standard InChI is InChI=1S/C21H25NO3/c1-15-7-9-16(10-8-15)21(17-11-12-17)22-20(23)13-14-25-19-6-4-3-5-18(19)24-2/h3-10,17,21H,11-14H2,1-2H3,(H,22,23). The fraction of sp³-hybridized carbons (Fsp3) is 0.381. The zero-order chi connectivity index (χ0) is 17.6. The summed E-state index contributed by atoms with van der Waals surface area (Å²) >= 11 is 0. The van der Waals surface area contributed by atoms with Crippen LogP contribution in [0.1, 0.15) is 36.4 Å². The minimum atomic E-state index is 0.0207. The highest BCUT2D eigenvalue weighted by Crippen LogP contribution is 2.41. The molecule has 1 aliphatic carbocycles. The number of amides is 1. The van der Waals surface area contributed by atoms with Gasteiger partial charge in [-0.3, -0.25) is 4.79 Å². The van der Waals surface area contributed by atoms with E-state index in [-0.39, 0.29) is 11.9 Å². The van der Waals surface area contributed by atoms with Gasteiger partial charge in [-0.2, -0.15) is 0 Å². The van der Waals surface area contributed by atoms with Gasteiger partial charge in [0.15, 0.2) is 11.5 Å². The highest BCUT2D eigenvalue weighted by molar-refractivity contribution is 5.76. The predicted octanol–water partition coefficient (Wildman–Crippen LogP) is 4.04. The lowest BCUT2D eigenvalue weighted by atomic mass is 10.0. The van der Waals surface area contributed by atoms with E-state index in [1.54, 1.807) is 7.11 Å². The summed E-state index contributed by atoms with van der Waals surface area (Å²) in [4.78, 5) is 12.3. The van der Waals surface area contributed by atoms with Crippen LogP contribution < -0.4 is 14.8 Å². The molecule has 1 fully saturated rings. The Balaban J connectivity index is 1.53. The van der Waals surface area contributed by atoms with Crippen molar-refractivity contribution in [2.45, 2.75) is 32.2 Å². The molecule has 3 rings (SSSR count). The quantitative estimate of drug-likeness (QED) is 0.789. The summed E-state index contributed by atoms with van der Waals surface area (Å²) in [5, 5.41) is 3.18. The second-order valence-corrected chi connectivity index (χ2v) is 6.54. The summed E-state index contributed by atoms with van der Waals surface area (Å²) < 4.78 is 10.9. The largest absolute Gasteiger partial charge is 0.493 e. The van der Waals surface area contributed by atoms with Crippen LogP contribution in [0, 0.1) is 12.8 Å². The molecule has 0 aliphatic heterocycles. The highest BCUT2D eigenvalue weighted by atomic mass is 16.5. The van der Waals surface area contributed by atoms with Crippen molar-refractivity contribution in [3.63, 3.8) is 0 Å². The molecule has 1 amide bonds. The Morgan fingerprint density at radius 1 is 1.12 bits per heavy atom. The molecule has 2 aromatic rings. The topological polar surface area (TPSA) is 47.6 Å². The Labute approximate surface area is 149 Å². The normalized spacial score (nSPS) is 14.6. The molecule has 4 heteroatoms. The first-order chi connectivity index (χ1) is 12.2. The van der Waals surface area contributed by atoms with Gasteiger partial charge in [0.1, 0.15) is 0 Å². The number of para-hydroxylation sites is 2. The number of benzene rings is 2. The number of nitrogens with one attached hydrogen (secondary N) is 1. The lowest BCUT2D eigenvalue weighted by Gasteiger charge is -2.19. The van der Waals surface area contributed by atoms with Crippen LogP contribution in [-0.2, 0) is 4.79 Å². The third-order valence-electron chi connectivity index (χ3n) is 4.50. The van der Waals surface area contributed by atoms with Crippen LogP contribution in [0.3, 0.4) is 0 Å². The average molecular weight is 339 g/mol. The van der Waals surface area contributed by atoms with E-state index in [1.165, 1.54) is 24.0 Å². The Hall–Kier alpha value is -2.49. The van der Waals surface area contributed by atoms with E-state index < -0.39 is 0 Å². The van der Waals surface area contributed by atoms with Gasteiger partial charge >= 0.3 is 0 Å². The zero-order valence-electron chi connectivity index (χ0n) is 14.8. The summed E-state index contributed by atoms with van der Waals surface area (Å²) in [6, 6.07) is 16.0. The van der Waals surface area contributed by atoms with Gasteiger partial charge < -0.3 is 14.8 Å². The van der Waals surface area contributed by atoms with Gasteiger partial charge in [0.2, 0.25) is 5.91 Å². The van der Waals surface area contributed by atoms with Crippen LogP contribution in [0.25, 0.3) is 0 Å². The first-order valence-corrected chi connectivity index (χ1v) is 8.79. The summed E-state index contributed by atoms with van der Waals surface area (Å²) in [5.74, 6) is 1.92. The Kier molecular flexibility index (Phi) is 5.59. The van der Waals surface area contributed by atoms with Crippen molar-refractivity contribution < 1.29 is 14.3 Å². The minimum Gasteiger partial charge on any atom is -0.493 e. The monoisotopic (exact) mass is 339 g/mol. The Morgan fingerprint density at radius 2 is 1.80 bits per heavy atom. The lowest BCUT2D eigenvalue weighted by Crippen LogP contribution is -2.30. The van der Waals surface area contributed by atoms with Crippen molar-refractivity contribution in [1.82, 2.24) is 5.32 Å². The first kappa shape index (κ1) is 17.3. The van der Waals surface area contributed by atoms with Crippen molar-refractivity contribution in [2.24, 2.45) is 5.92 Å². The minimum absolute atomic E-state index is 0.0207. The van der Waals surface area contributed by atoms with Gasteiger partial charge in [0.25, 0.3) is 0 Å². The number of carbonyl (C=O) groups is 1. The molecule has 0 aromatic heterocycles. The van der Waals surface area contributed by atoms with Crippen LogP contribution in [-0.4, -0.2) is 19.6 Å². The molecule has 1 N–H and O–H groups in total. The molecule has 0 bridgehead atoms. The summed E-state index contributed by atoms with van der Waals surface area (Å²) in [6.07, 6.45) is 2.68. The van der Waals surface area contributed by atoms with Crippen LogP contribution in [0.5, 0.6) is 11.5 Å². The van der Waals surface area contributed by atoms with Crippen molar-refractivity contribution in [3.8, 4) is 11.5 Å². The molecule has 132 valence electrons. The SMILES string of the molecule is COc1ccccc1OCCC(=O)NC(c1ccc(C)cc1)C1CC1. The number of ether oxygens (including phenoxy) is 2. The maximum absolute atomic E-state index is 12.3. The van der Waals surface area contributed by atoms with Crippen molar-refractivity contribution in [3.05, 3.63) is 59.7 Å². The maximum Gasteiger partial charge on any atom is 0.223 e. The van der Waals surface area contributed by atoms with E-state index in [0.717, 1.165) is 0 Å². The summed E-state index contributed by atoms with van der Waals surface area (Å²) in [5.41, 5.74) is 2.42. The number of hydrogen-bond acceptors (Lipinski definition) is 3. The molecule has 1 aliphatic rings. The van der Waals surface area contributed by atoms with E-state index in [1.807, 2.05) is 24.3 Å². The van der Waals surface area contributed by atoms with E-state index in [0.29, 0.717) is 30.4 Å². The first-order valence-electron chi connectivity index (χ1n) is 8.79. The predicted molar refractivity (Wildman–Crippen MR) is 97.9 cm³/mol.